The first-order valence-electron chi connectivity index (χ1n) is 11.1. The lowest BCUT2D eigenvalue weighted by molar-refractivity contribution is -0.118. The minimum Gasteiger partial charge on any atom is -0.504 e. The SMILES string of the molecule is O=C1COc2ccc(CNC3CCN(CCn4c(=O)nnc5ccc(Cl)c(O)c54)CC3)nc2N1. The lowest BCUT2D eigenvalue weighted by Crippen LogP contribution is -2.43. The van der Waals surface area contributed by atoms with Crippen LogP contribution in [0.5, 0.6) is 11.5 Å². The van der Waals surface area contributed by atoms with Gasteiger partial charge in [0.2, 0.25) is 0 Å². The Morgan fingerprint density at radius 2 is 1.97 bits per heavy atom. The molecule has 0 atom stereocenters. The number of likely N-dealkylation sites (tertiary alicyclic amines) is 1. The van der Waals surface area contributed by atoms with E-state index in [1.807, 2.05) is 12.1 Å². The molecule has 1 fully saturated rings. The van der Waals surface area contributed by atoms with Crippen molar-refractivity contribution in [3.05, 3.63) is 45.5 Å². The fraction of sp³-hybridized carbons (Fsp3) is 0.409. The van der Waals surface area contributed by atoms with Gasteiger partial charge in [-0.3, -0.25) is 9.36 Å². The summed E-state index contributed by atoms with van der Waals surface area (Å²) in [5, 5.41) is 24.3. The molecule has 1 amide bonds. The maximum Gasteiger partial charge on any atom is 0.366 e. The number of ether oxygens (including phenoxy) is 1. The second-order valence-electron chi connectivity index (χ2n) is 8.38. The van der Waals surface area contributed by atoms with Gasteiger partial charge < -0.3 is 25.4 Å². The molecular weight excluding hydrogens is 462 g/mol. The minimum atomic E-state index is -0.513. The number of nitrogens with zero attached hydrogens (tertiary/aromatic N) is 5. The minimum absolute atomic E-state index is 0.0162. The maximum atomic E-state index is 12.3. The number of benzene rings is 1. The first-order chi connectivity index (χ1) is 16.5. The normalized spacial score (nSPS) is 16.8. The van der Waals surface area contributed by atoms with E-state index in [-0.39, 0.29) is 23.3 Å². The Bertz CT molecular complexity index is 1290. The van der Waals surface area contributed by atoms with Gasteiger partial charge in [0.1, 0.15) is 11.0 Å². The van der Waals surface area contributed by atoms with E-state index in [2.05, 4.69) is 30.7 Å². The first kappa shape index (κ1) is 22.5. The summed E-state index contributed by atoms with van der Waals surface area (Å²) in [5.74, 6) is 0.694. The van der Waals surface area contributed by atoms with Gasteiger partial charge in [0.05, 0.1) is 10.7 Å². The number of piperidine rings is 1. The van der Waals surface area contributed by atoms with E-state index >= 15 is 0 Å². The van der Waals surface area contributed by atoms with Crippen molar-refractivity contribution in [2.24, 2.45) is 0 Å². The number of anilines is 1. The number of phenols is 1. The van der Waals surface area contributed by atoms with Crippen molar-refractivity contribution in [2.45, 2.75) is 32.0 Å². The van der Waals surface area contributed by atoms with Gasteiger partial charge >= 0.3 is 5.69 Å². The molecule has 5 rings (SSSR count). The molecule has 34 heavy (non-hydrogen) atoms. The van der Waals surface area contributed by atoms with Crippen molar-refractivity contribution >= 4 is 34.4 Å². The van der Waals surface area contributed by atoms with Crippen LogP contribution in [0.4, 0.5) is 5.82 Å². The molecule has 1 saturated heterocycles. The summed E-state index contributed by atoms with van der Waals surface area (Å²) in [7, 11) is 0. The molecule has 4 heterocycles. The summed E-state index contributed by atoms with van der Waals surface area (Å²) in [6.45, 7) is 3.38. The van der Waals surface area contributed by atoms with Gasteiger partial charge in [0.25, 0.3) is 5.91 Å². The smallest absolute Gasteiger partial charge is 0.366 e. The van der Waals surface area contributed by atoms with Crippen LogP contribution in [0.2, 0.25) is 5.02 Å². The van der Waals surface area contributed by atoms with Crippen LogP contribution in [0, 0.1) is 0 Å². The van der Waals surface area contributed by atoms with E-state index in [1.54, 1.807) is 6.07 Å². The van der Waals surface area contributed by atoms with Crippen molar-refractivity contribution in [1.29, 1.82) is 0 Å². The number of amides is 1. The molecule has 0 spiro atoms. The average molecular weight is 486 g/mol. The Morgan fingerprint density at radius 3 is 2.79 bits per heavy atom. The molecule has 0 unspecified atom stereocenters. The molecule has 0 aliphatic carbocycles. The molecule has 1 aromatic carbocycles. The monoisotopic (exact) mass is 485 g/mol. The Kier molecular flexibility index (Phi) is 6.31. The van der Waals surface area contributed by atoms with Crippen LogP contribution in [-0.2, 0) is 17.9 Å². The zero-order valence-corrected chi connectivity index (χ0v) is 19.1. The van der Waals surface area contributed by atoms with E-state index < -0.39 is 5.69 Å². The third-order valence-electron chi connectivity index (χ3n) is 6.16. The third-order valence-corrected chi connectivity index (χ3v) is 6.46. The van der Waals surface area contributed by atoms with Crippen LogP contribution in [0.3, 0.4) is 0 Å². The number of aromatic hydroxyl groups is 1. The standard InChI is InChI=1S/C22H24ClN7O4/c23-15-2-3-16-19(20(15)32)30(22(33)28-27-16)10-9-29-7-5-13(6-8-29)24-11-14-1-4-17-21(25-14)26-18(31)12-34-17/h1-4,13,24,32H,5-12H2,(H,25,26,31). The highest BCUT2D eigenvalue weighted by molar-refractivity contribution is 6.33. The number of rotatable bonds is 6. The predicted octanol–water partition coefficient (Wildman–Crippen LogP) is 1.13. The molecule has 2 aromatic heterocycles. The van der Waals surface area contributed by atoms with Crippen molar-refractivity contribution in [1.82, 2.24) is 30.0 Å². The number of carbonyl (C=O) groups excluding carboxylic acids is 1. The largest absolute Gasteiger partial charge is 0.504 e. The van der Waals surface area contributed by atoms with Gasteiger partial charge in [-0.1, -0.05) is 16.7 Å². The van der Waals surface area contributed by atoms with Gasteiger partial charge in [0, 0.05) is 25.7 Å². The van der Waals surface area contributed by atoms with Crippen LogP contribution in [-0.4, -0.2) is 67.9 Å². The summed E-state index contributed by atoms with van der Waals surface area (Å²) < 4.78 is 6.77. The molecule has 11 nitrogen and oxygen atoms in total. The Balaban J connectivity index is 1.15. The fourth-order valence-electron chi connectivity index (χ4n) is 4.30. The molecule has 0 radical (unpaired) electrons. The average Bonchev–Trinajstić information content (AvgIpc) is 2.85. The van der Waals surface area contributed by atoms with E-state index in [0.29, 0.717) is 48.3 Å². The molecular formula is C22H24ClN7O4. The van der Waals surface area contributed by atoms with E-state index in [0.717, 1.165) is 31.6 Å². The Morgan fingerprint density at radius 1 is 1.15 bits per heavy atom. The van der Waals surface area contributed by atoms with Gasteiger partial charge in [-0.05, 0) is 50.2 Å². The van der Waals surface area contributed by atoms with E-state index in [9.17, 15) is 14.7 Å². The lowest BCUT2D eigenvalue weighted by atomic mass is 10.0. The van der Waals surface area contributed by atoms with Crippen molar-refractivity contribution in [3.8, 4) is 11.5 Å². The van der Waals surface area contributed by atoms with Gasteiger partial charge in [-0.2, -0.15) is 0 Å². The van der Waals surface area contributed by atoms with Gasteiger partial charge in [-0.15, -0.1) is 5.10 Å². The van der Waals surface area contributed by atoms with Gasteiger partial charge in [0.15, 0.2) is 23.9 Å². The molecule has 178 valence electrons. The zero-order chi connectivity index (χ0) is 23.7. The second-order valence-corrected chi connectivity index (χ2v) is 8.79. The van der Waals surface area contributed by atoms with Gasteiger partial charge in [-0.25, -0.2) is 9.78 Å². The summed E-state index contributed by atoms with van der Waals surface area (Å²) in [4.78, 5) is 30.6. The number of fused-ring (bicyclic) bond motifs is 2. The fourth-order valence-corrected chi connectivity index (χ4v) is 4.45. The van der Waals surface area contributed by atoms with Crippen LogP contribution >= 0.6 is 11.6 Å². The number of nitrogens with one attached hydrogen (secondary N) is 2. The summed E-state index contributed by atoms with van der Waals surface area (Å²) in [5.41, 5.74) is 1.05. The van der Waals surface area contributed by atoms with Crippen LogP contribution < -0.4 is 21.1 Å². The Hall–Kier alpha value is -3.28. The number of aromatic nitrogens is 4. The highest BCUT2D eigenvalue weighted by Crippen LogP contribution is 2.30. The van der Waals surface area contributed by atoms with Crippen LogP contribution in [0.15, 0.2) is 29.1 Å². The molecule has 3 N–H and O–H groups in total. The summed E-state index contributed by atoms with van der Waals surface area (Å²) in [6.07, 6.45) is 1.90. The zero-order valence-electron chi connectivity index (χ0n) is 18.3. The van der Waals surface area contributed by atoms with E-state index in [4.69, 9.17) is 16.3 Å². The second kappa shape index (κ2) is 9.53. The van der Waals surface area contributed by atoms with E-state index in [1.165, 1.54) is 10.6 Å². The molecule has 12 heteroatoms. The molecule has 0 bridgehead atoms. The van der Waals surface area contributed by atoms with Crippen LogP contribution in [0.25, 0.3) is 11.0 Å². The molecule has 0 saturated carbocycles. The maximum absolute atomic E-state index is 12.3. The van der Waals surface area contributed by atoms with Crippen molar-refractivity contribution < 1.29 is 14.6 Å². The molecule has 2 aliphatic rings. The Labute approximate surface area is 199 Å². The summed E-state index contributed by atoms with van der Waals surface area (Å²) in [6, 6.07) is 7.23. The number of carbonyl (C=O) groups is 1. The van der Waals surface area contributed by atoms with Crippen molar-refractivity contribution in [2.75, 3.05) is 31.6 Å². The molecule has 3 aromatic rings. The summed E-state index contributed by atoms with van der Waals surface area (Å²) >= 11 is 6.03. The topological polar surface area (TPSA) is 134 Å². The first-order valence-corrected chi connectivity index (χ1v) is 11.5. The molecule has 2 aliphatic heterocycles. The number of hydrogen-bond acceptors (Lipinski definition) is 9. The predicted molar refractivity (Wildman–Crippen MR) is 125 cm³/mol. The highest BCUT2D eigenvalue weighted by atomic mass is 35.5. The van der Waals surface area contributed by atoms with Crippen LogP contribution in [0.1, 0.15) is 18.5 Å². The number of hydrogen-bond donors (Lipinski definition) is 3. The number of phenolic OH excluding ortho intramolecular Hbond substituents is 1. The highest BCUT2D eigenvalue weighted by Gasteiger charge is 2.21. The third kappa shape index (κ3) is 4.67. The van der Waals surface area contributed by atoms with Crippen molar-refractivity contribution in [3.63, 3.8) is 0 Å². The number of pyridine rings is 1. The number of halogens is 1. The quantitative estimate of drug-likeness (QED) is 0.469. The lowest BCUT2D eigenvalue weighted by Gasteiger charge is -2.32.